The van der Waals surface area contributed by atoms with E-state index in [1.54, 1.807) is 0 Å². The van der Waals surface area contributed by atoms with Gasteiger partial charge < -0.3 is 10.6 Å². The topological polar surface area (TPSA) is 57.3 Å². The zero-order valence-electron chi connectivity index (χ0n) is 15.4. The Bertz CT molecular complexity index is 504. The Morgan fingerprint density at radius 1 is 1.12 bits per heavy atom. The molecule has 1 aromatic heterocycles. The molecule has 2 N–H and O–H groups in total. The second kappa shape index (κ2) is 12.5. The van der Waals surface area contributed by atoms with Crippen molar-refractivity contribution in [2.24, 2.45) is 5.92 Å². The number of hydrogen-bond donors (Lipinski definition) is 2. The van der Waals surface area contributed by atoms with E-state index >= 15 is 0 Å². The maximum absolute atomic E-state index is 12.2. The zero-order valence-corrected chi connectivity index (χ0v) is 17.0. The highest BCUT2D eigenvalue weighted by atomic mass is 35.5. The van der Waals surface area contributed by atoms with Crippen LogP contribution in [0.1, 0.15) is 44.1 Å². The van der Waals surface area contributed by atoms with Crippen LogP contribution in [0.4, 0.5) is 0 Å². The average Bonchev–Trinajstić information content (AvgIpc) is 2.63. The predicted molar refractivity (Wildman–Crippen MR) is 110 cm³/mol. The summed E-state index contributed by atoms with van der Waals surface area (Å²) in [6.07, 6.45) is 10.0. The fraction of sp³-hybridized carbons (Fsp3) is 0.684. The van der Waals surface area contributed by atoms with Crippen molar-refractivity contribution in [3.05, 3.63) is 30.1 Å². The summed E-state index contributed by atoms with van der Waals surface area (Å²) < 4.78 is 0. The van der Waals surface area contributed by atoms with E-state index in [4.69, 9.17) is 0 Å². The third-order valence-electron chi connectivity index (χ3n) is 5.35. The van der Waals surface area contributed by atoms with Crippen molar-refractivity contribution in [3.63, 3.8) is 0 Å². The SMILES string of the molecule is Cl.Cl.O=C(CCC1CCNCC1)NC1CCN(Cc2ccncc2)CC1. The normalized spacial score (nSPS) is 19.2. The van der Waals surface area contributed by atoms with E-state index in [-0.39, 0.29) is 30.7 Å². The van der Waals surface area contributed by atoms with E-state index in [1.807, 2.05) is 12.4 Å². The van der Waals surface area contributed by atoms with Crippen LogP contribution in [0, 0.1) is 5.92 Å². The third kappa shape index (κ3) is 7.78. The quantitative estimate of drug-likeness (QED) is 0.767. The Balaban J connectivity index is 0.00000169. The van der Waals surface area contributed by atoms with Crippen LogP contribution in [0.5, 0.6) is 0 Å². The number of carbonyl (C=O) groups is 1. The van der Waals surface area contributed by atoms with E-state index < -0.39 is 0 Å². The van der Waals surface area contributed by atoms with Gasteiger partial charge in [-0.05, 0) is 68.8 Å². The molecule has 3 heterocycles. The first kappa shape index (κ1) is 23.2. The Morgan fingerprint density at radius 3 is 2.42 bits per heavy atom. The molecule has 0 atom stereocenters. The number of likely N-dealkylation sites (tertiary alicyclic amines) is 1. The number of halogens is 2. The lowest BCUT2D eigenvalue weighted by Crippen LogP contribution is -2.44. The summed E-state index contributed by atoms with van der Waals surface area (Å²) in [5, 5.41) is 6.63. The Kier molecular flexibility index (Phi) is 11.1. The van der Waals surface area contributed by atoms with Gasteiger partial charge in [0.1, 0.15) is 0 Å². The summed E-state index contributed by atoms with van der Waals surface area (Å²) in [4.78, 5) is 18.7. The monoisotopic (exact) mass is 402 g/mol. The summed E-state index contributed by atoms with van der Waals surface area (Å²) in [7, 11) is 0. The molecule has 0 unspecified atom stereocenters. The van der Waals surface area contributed by atoms with Gasteiger partial charge in [-0.15, -0.1) is 24.8 Å². The van der Waals surface area contributed by atoms with Gasteiger partial charge in [-0.25, -0.2) is 0 Å². The van der Waals surface area contributed by atoms with E-state index in [9.17, 15) is 4.79 Å². The fourth-order valence-corrected chi connectivity index (χ4v) is 3.79. The molecule has 0 aromatic carbocycles. The molecule has 1 amide bonds. The second-order valence-electron chi connectivity index (χ2n) is 7.21. The molecule has 26 heavy (non-hydrogen) atoms. The van der Waals surface area contributed by atoms with Crippen LogP contribution < -0.4 is 10.6 Å². The molecule has 0 radical (unpaired) electrons. The van der Waals surface area contributed by atoms with Gasteiger partial charge >= 0.3 is 0 Å². The third-order valence-corrected chi connectivity index (χ3v) is 5.35. The van der Waals surface area contributed by atoms with E-state index in [1.165, 1.54) is 18.4 Å². The molecular weight excluding hydrogens is 371 g/mol. The van der Waals surface area contributed by atoms with Crippen molar-refractivity contribution < 1.29 is 4.79 Å². The molecule has 7 heteroatoms. The van der Waals surface area contributed by atoms with Crippen LogP contribution in [-0.4, -0.2) is 48.0 Å². The molecular formula is C19H32Cl2N4O. The molecule has 0 saturated carbocycles. The molecule has 2 saturated heterocycles. The van der Waals surface area contributed by atoms with Gasteiger partial charge in [-0.3, -0.25) is 14.7 Å². The summed E-state index contributed by atoms with van der Waals surface area (Å²) in [6.45, 7) is 5.33. The van der Waals surface area contributed by atoms with E-state index in [0.717, 1.165) is 57.9 Å². The first-order valence-corrected chi connectivity index (χ1v) is 9.41. The van der Waals surface area contributed by atoms with Gasteiger partial charge in [0.05, 0.1) is 0 Å². The number of hydrogen-bond acceptors (Lipinski definition) is 4. The van der Waals surface area contributed by atoms with Crippen LogP contribution in [0.2, 0.25) is 0 Å². The first-order chi connectivity index (χ1) is 11.8. The van der Waals surface area contributed by atoms with Crippen LogP contribution in [0.15, 0.2) is 24.5 Å². The van der Waals surface area contributed by atoms with Crippen LogP contribution in [0.3, 0.4) is 0 Å². The second-order valence-corrected chi connectivity index (χ2v) is 7.21. The van der Waals surface area contributed by atoms with E-state index in [2.05, 4.69) is 32.7 Å². The average molecular weight is 403 g/mol. The molecule has 0 aliphatic carbocycles. The van der Waals surface area contributed by atoms with Gasteiger partial charge in [-0.2, -0.15) is 0 Å². The van der Waals surface area contributed by atoms with Crippen molar-refractivity contribution in [1.29, 1.82) is 0 Å². The number of rotatable bonds is 6. The number of nitrogens with one attached hydrogen (secondary N) is 2. The van der Waals surface area contributed by atoms with Gasteiger partial charge in [0, 0.05) is 44.5 Å². The van der Waals surface area contributed by atoms with Gasteiger partial charge in [-0.1, -0.05) is 0 Å². The van der Waals surface area contributed by atoms with Gasteiger partial charge in [0.2, 0.25) is 5.91 Å². The first-order valence-electron chi connectivity index (χ1n) is 9.41. The van der Waals surface area contributed by atoms with Crippen molar-refractivity contribution in [1.82, 2.24) is 20.5 Å². The van der Waals surface area contributed by atoms with Crippen molar-refractivity contribution in [3.8, 4) is 0 Å². The Hall–Kier alpha value is -0.880. The van der Waals surface area contributed by atoms with Crippen LogP contribution >= 0.6 is 24.8 Å². The van der Waals surface area contributed by atoms with Crippen molar-refractivity contribution in [2.75, 3.05) is 26.2 Å². The highest BCUT2D eigenvalue weighted by Crippen LogP contribution is 2.18. The van der Waals surface area contributed by atoms with Crippen molar-refractivity contribution in [2.45, 2.75) is 51.1 Å². The van der Waals surface area contributed by atoms with E-state index in [0.29, 0.717) is 12.5 Å². The lowest BCUT2D eigenvalue weighted by molar-refractivity contribution is -0.122. The summed E-state index contributed by atoms with van der Waals surface area (Å²) >= 11 is 0. The van der Waals surface area contributed by atoms with Crippen molar-refractivity contribution >= 4 is 30.7 Å². The lowest BCUT2D eigenvalue weighted by atomic mass is 9.93. The maximum Gasteiger partial charge on any atom is 0.220 e. The van der Waals surface area contributed by atoms with Crippen LogP contribution in [-0.2, 0) is 11.3 Å². The minimum absolute atomic E-state index is 0. The Labute approximate surface area is 169 Å². The summed E-state index contributed by atoms with van der Waals surface area (Å²) in [6, 6.07) is 4.52. The summed E-state index contributed by atoms with van der Waals surface area (Å²) in [5.41, 5.74) is 1.31. The lowest BCUT2D eigenvalue weighted by Gasteiger charge is -2.32. The number of amides is 1. The standard InChI is InChI=1S/C19H30N4O.2ClH/c24-19(2-1-16-3-9-20-10-4-16)22-18-7-13-23(14-8-18)15-17-5-11-21-12-6-17;;/h5-6,11-12,16,18,20H,1-4,7-10,13-15H2,(H,22,24);2*1H. The Morgan fingerprint density at radius 2 is 1.77 bits per heavy atom. The van der Waals surface area contributed by atoms with Crippen LogP contribution in [0.25, 0.3) is 0 Å². The molecule has 148 valence electrons. The molecule has 2 fully saturated rings. The largest absolute Gasteiger partial charge is 0.353 e. The smallest absolute Gasteiger partial charge is 0.220 e. The molecule has 1 aromatic rings. The molecule has 0 spiro atoms. The highest BCUT2D eigenvalue weighted by Gasteiger charge is 2.21. The minimum Gasteiger partial charge on any atom is -0.353 e. The summed E-state index contributed by atoms with van der Waals surface area (Å²) in [5.74, 6) is 0.986. The molecule has 5 nitrogen and oxygen atoms in total. The number of piperidine rings is 2. The molecule has 3 rings (SSSR count). The molecule has 2 aliphatic rings. The van der Waals surface area contributed by atoms with Gasteiger partial charge in [0.15, 0.2) is 0 Å². The maximum atomic E-state index is 12.2. The molecule has 2 aliphatic heterocycles. The number of carbonyl (C=O) groups excluding carboxylic acids is 1. The highest BCUT2D eigenvalue weighted by molar-refractivity contribution is 5.85. The molecule has 0 bridgehead atoms. The zero-order chi connectivity index (χ0) is 16.6. The number of aromatic nitrogens is 1. The predicted octanol–water partition coefficient (Wildman–Crippen LogP) is 2.79. The minimum atomic E-state index is 0. The number of nitrogens with zero attached hydrogens (tertiary/aromatic N) is 2. The number of pyridine rings is 1. The fourth-order valence-electron chi connectivity index (χ4n) is 3.79. The van der Waals surface area contributed by atoms with Gasteiger partial charge in [0.25, 0.3) is 0 Å².